The number of fused-ring (bicyclic) bond motifs is 1. The minimum atomic E-state index is -3.41. The standard InChI is InChI=1S/C20H23N3O5S/c1-3-11-29(27,28)22-10-4-5-15-6-8-17(13-19(15)22)21-20(24)16-7-9-18(23(25)26)14(2)12-16/h6-9,12-13H,3-5,10-11H2,1-2H3,(H,21,24). The third-order valence-corrected chi connectivity index (χ3v) is 6.85. The van der Waals surface area contributed by atoms with Crippen molar-refractivity contribution in [2.75, 3.05) is 21.9 Å². The summed E-state index contributed by atoms with van der Waals surface area (Å²) < 4.78 is 26.7. The molecule has 0 aromatic heterocycles. The number of benzene rings is 2. The molecule has 1 aliphatic heterocycles. The first-order valence-corrected chi connectivity index (χ1v) is 11.0. The van der Waals surface area contributed by atoms with Gasteiger partial charge in [-0.1, -0.05) is 13.0 Å². The minimum absolute atomic E-state index is 0.0490. The van der Waals surface area contributed by atoms with Gasteiger partial charge in [-0.15, -0.1) is 0 Å². The first kappa shape index (κ1) is 20.8. The molecule has 1 aliphatic rings. The Bertz CT molecular complexity index is 1070. The van der Waals surface area contributed by atoms with Gasteiger partial charge in [-0.05, 0) is 56.0 Å². The van der Waals surface area contributed by atoms with Crippen LogP contribution in [-0.4, -0.2) is 31.5 Å². The van der Waals surface area contributed by atoms with E-state index in [9.17, 15) is 23.3 Å². The molecular formula is C20H23N3O5S. The number of anilines is 2. The molecular weight excluding hydrogens is 394 g/mol. The van der Waals surface area contributed by atoms with Crippen molar-refractivity contribution in [3.63, 3.8) is 0 Å². The number of hydrogen-bond acceptors (Lipinski definition) is 5. The molecule has 0 atom stereocenters. The molecule has 9 heteroatoms. The van der Waals surface area contributed by atoms with Crippen LogP contribution in [0.25, 0.3) is 0 Å². The second-order valence-electron chi connectivity index (χ2n) is 7.05. The number of sulfonamides is 1. The summed E-state index contributed by atoms with van der Waals surface area (Å²) in [5, 5.41) is 13.7. The normalized spacial score (nSPS) is 13.7. The van der Waals surface area contributed by atoms with E-state index in [1.165, 1.54) is 22.5 Å². The summed E-state index contributed by atoms with van der Waals surface area (Å²) in [6, 6.07) is 9.42. The minimum Gasteiger partial charge on any atom is -0.322 e. The van der Waals surface area contributed by atoms with E-state index in [0.717, 1.165) is 18.4 Å². The van der Waals surface area contributed by atoms with E-state index in [4.69, 9.17) is 0 Å². The lowest BCUT2D eigenvalue weighted by Gasteiger charge is -2.31. The summed E-state index contributed by atoms with van der Waals surface area (Å²) in [6.45, 7) is 3.82. The number of rotatable bonds is 6. The lowest BCUT2D eigenvalue weighted by atomic mass is 10.0. The van der Waals surface area contributed by atoms with E-state index in [1.54, 1.807) is 19.1 Å². The number of carbonyl (C=O) groups is 1. The number of nitrogens with zero attached hydrogens (tertiary/aromatic N) is 2. The molecule has 0 saturated carbocycles. The Hall–Kier alpha value is -2.94. The van der Waals surface area contributed by atoms with Crippen LogP contribution in [0.1, 0.15) is 41.3 Å². The quantitative estimate of drug-likeness (QED) is 0.570. The molecule has 154 valence electrons. The molecule has 0 fully saturated rings. The van der Waals surface area contributed by atoms with Crippen LogP contribution in [0.3, 0.4) is 0 Å². The molecule has 1 N–H and O–H groups in total. The average molecular weight is 417 g/mol. The van der Waals surface area contributed by atoms with Crippen LogP contribution in [0.5, 0.6) is 0 Å². The van der Waals surface area contributed by atoms with Crippen molar-refractivity contribution in [1.29, 1.82) is 0 Å². The summed E-state index contributed by atoms with van der Waals surface area (Å²) in [4.78, 5) is 23.0. The molecule has 2 aromatic carbocycles. The number of nitro benzene ring substituents is 1. The number of amides is 1. The zero-order valence-electron chi connectivity index (χ0n) is 16.3. The van der Waals surface area contributed by atoms with E-state index in [-0.39, 0.29) is 11.4 Å². The topological polar surface area (TPSA) is 110 Å². The number of carbonyl (C=O) groups excluding carboxylic acids is 1. The highest BCUT2D eigenvalue weighted by atomic mass is 32.2. The van der Waals surface area contributed by atoms with Gasteiger partial charge in [0.25, 0.3) is 11.6 Å². The molecule has 0 spiro atoms. The number of aryl methyl sites for hydroxylation is 2. The summed E-state index contributed by atoms with van der Waals surface area (Å²) in [7, 11) is -3.41. The maximum absolute atomic E-state index is 12.6. The lowest BCUT2D eigenvalue weighted by Crippen LogP contribution is -2.37. The fraction of sp³-hybridized carbons (Fsp3) is 0.350. The number of hydrogen-bond donors (Lipinski definition) is 1. The van der Waals surface area contributed by atoms with Gasteiger partial charge < -0.3 is 5.32 Å². The Balaban J connectivity index is 1.87. The molecule has 8 nitrogen and oxygen atoms in total. The molecule has 0 saturated heterocycles. The summed E-state index contributed by atoms with van der Waals surface area (Å²) in [5.74, 6) is -0.341. The van der Waals surface area contributed by atoms with Crippen LogP contribution in [-0.2, 0) is 16.4 Å². The van der Waals surface area contributed by atoms with Crippen molar-refractivity contribution in [1.82, 2.24) is 0 Å². The molecule has 0 aliphatic carbocycles. The van der Waals surface area contributed by atoms with Gasteiger partial charge in [-0.3, -0.25) is 19.2 Å². The smallest absolute Gasteiger partial charge is 0.272 e. The van der Waals surface area contributed by atoms with Crippen LogP contribution >= 0.6 is 0 Å². The van der Waals surface area contributed by atoms with Gasteiger partial charge in [0.1, 0.15) is 0 Å². The Morgan fingerprint density at radius 3 is 2.66 bits per heavy atom. The molecule has 29 heavy (non-hydrogen) atoms. The van der Waals surface area contributed by atoms with Crippen LogP contribution in [0.2, 0.25) is 0 Å². The summed E-state index contributed by atoms with van der Waals surface area (Å²) in [6.07, 6.45) is 2.07. The van der Waals surface area contributed by atoms with Crippen molar-refractivity contribution in [2.45, 2.75) is 33.1 Å². The van der Waals surface area contributed by atoms with Crippen molar-refractivity contribution in [3.8, 4) is 0 Å². The highest BCUT2D eigenvalue weighted by Gasteiger charge is 2.27. The van der Waals surface area contributed by atoms with E-state index in [2.05, 4.69) is 5.32 Å². The maximum Gasteiger partial charge on any atom is 0.272 e. The molecule has 0 unspecified atom stereocenters. The fourth-order valence-electron chi connectivity index (χ4n) is 3.48. The molecule has 2 aromatic rings. The first-order valence-electron chi connectivity index (χ1n) is 9.42. The predicted octanol–water partition coefficient (Wildman–Crippen LogP) is 3.65. The van der Waals surface area contributed by atoms with E-state index < -0.39 is 20.9 Å². The molecule has 3 rings (SSSR count). The van der Waals surface area contributed by atoms with Gasteiger partial charge in [0.2, 0.25) is 10.0 Å². The van der Waals surface area contributed by atoms with Crippen LogP contribution < -0.4 is 9.62 Å². The zero-order valence-corrected chi connectivity index (χ0v) is 17.2. The van der Waals surface area contributed by atoms with Crippen molar-refractivity contribution < 1.29 is 18.1 Å². The maximum atomic E-state index is 12.6. The highest BCUT2D eigenvalue weighted by Crippen LogP contribution is 2.32. The second kappa shape index (κ2) is 8.20. The SMILES string of the molecule is CCCS(=O)(=O)N1CCCc2ccc(NC(=O)c3ccc([N+](=O)[O-])c(C)c3)cc21. The van der Waals surface area contributed by atoms with Crippen molar-refractivity contribution in [2.24, 2.45) is 0 Å². The zero-order chi connectivity index (χ0) is 21.2. The monoisotopic (exact) mass is 417 g/mol. The Kier molecular flexibility index (Phi) is 5.88. The third kappa shape index (κ3) is 4.40. The lowest BCUT2D eigenvalue weighted by molar-refractivity contribution is -0.385. The fourth-order valence-corrected chi connectivity index (χ4v) is 5.09. The van der Waals surface area contributed by atoms with Gasteiger partial charge in [0.15, 0.2) is 0 Å². The van der Waals surface area contributed by atoms with Crippen LogP contribution in [0, 0.1) is 17.0 Å². The molecule has 0 radical (unpaired) electrons. The molecule has 1 amide bonds. The van der Waals surface area contributed by atoms with Crippen LogP contribution in [0.4, 0.5) is 17.1 Å². The highest BCUT2D eigenvalue weighted by molar-refractivity contribution is 7.92. The van der Waals surface area contributed by atoms with Gasteiger partial charge in [0, 0.05) is 29.4 Å². The third-order valence-electron chi connectivity index (χ3n) is 4.87. The Morgan fingerprint density at radius 2 is 2.00 bits per heavy atom. The van der Waals surface area contributed by atoms with E-state index >= 15 is 0 Å². The summed E-state index contributed by atoms with van der Waals surface area (Å²) >= 11 is 0. The number of nitrogens with one attached hydrogen (secondary N) is 1. The molecule has 1 heterocycles. The number of nitro groups is 1. The second-order valence-corrected chi connectivity index (χ2v) is 9.06. The van der Waals surface area contributed by atoms with E-state index in [1.807, 2.05) is 13.0 Å². The van der Waals surface area contributed by atoms with Gasteiger partial charge in [-0.25, -0.2) is 8.42 Å². The van der Waals surface area contributed by atoms with Gasteiger partial charge in [0.05, 0.1) is 16.4 Å². The largest absolute Gasteiger partial charge is 0.322 e. The van der Waals surface area contributed by atoms with Gasteiger partial charge in [-0.2, -0.15) is 0 Å². The molecule has 0 bridgehead atoms. The Labute approximate surface area is 169 Å². The predicted molar refractivity (Wildman–Crippen MR) is 112 cm³/mol. The Morgan fingerprint density at radius 1 is 1.24 bits per heavy atom. The van der Waals surface area contributed by atoms with E-state index in [0.29, 0.717) is 35.5 Å². The summed E-state index contributed by atoms with van der Waals surface area (Å²) in [5.41, 5.74) is 2.64. The first-order chi connectivity index (χ1) is 13.7. The van der Waals surface area contributed by atoms with Crippen molar-refractivity contribution in [3.05, 3.63) is 63.2 Å². The van der Waals surface area contributed by atoms with Gasteiger partial charge >= 0.3 is 0 Å². The van der Waals surface area contributed by atoms with Crippen molar-refractivity contribution >= 4 is 33.0 Å². The average Bonchev–Trinajstić information content (AvgIpc) is 2.67. The van der Waals surface area contributed by atoms with Crippen LogP contribution in [0.15, 0.2) is 36.4 Å².